The number of ether oxygens (including phenoxy) is 1. The molecule has 2 N–H and O–H groups in total. The smallest absolute Gasteiger partial charge is 0.198 e. The van der Waals surface area contributed by atoms with Gasteiger partial charge in [0.2, 0.25) is 0 Å². The summed E-state index contributed by atoms with van der Waals surface area (Å²) >= 11 is 5.52. The van der Waals surface area contributed by atoms with Crippen LogP contribution in [0.25, 0.3) is 0 Å². The van der Waals surface area contributed by atoms with Crippen LogP contribution >= 0.6 is 11.6 Å². The van der Waals surface area contributed by atoms with E-state index >= 15 is 0 Å². The van der Waals surface area contributed by atoms with E-state index in [1.54, 1.807) is 0 Å². The summed E-state index contributed by atoms with van der Waals surface area (Å²) in [5, 5.41) is -0.205. The SMILES string of the molecule is Nc1cc(F)c(Oc2ccc(F)c(Cl)c2)c(F)c1. The third-order valence-corrected chi connectivity index (χ3v) is 2.42. The number of halogens is 4. The Hall–Kier alpha value is -1.88. The van der Waals surface area contributed by atoms with Crippen LogP contribution in [-0.2, 0) is 0 Å². The molecule has 0 aliphatic carbocycles. The summed E-state index contributed by atoms with van der Waals surface area (Å²) in [4.78, 5) is 0. The first-order valence-corrected chi connectivity index (χ1v) is 5.22. The molecular weight excluding hydrogens is 267 g/mol. The summed E-state index contributed by atoms with van der Waals surface area (Å²) in [6.07, 6.45) is 0. The van der Waals surface area contributed by atoms with Gasteiger partial charge in [-0.05, 0) is 12.1 Å². The average Bonchev–Trinajstić information content (AvgIpc) is 2.28. The van der Waals surface area contributed by atoms with Gasteiger partial charge in [-0.15, -0.1) is 0 Å². The van der Waals surface area contributed by atoms with Crippen molar-refractivity contribution in [3.8, 4) is 11.5 Å². The van der Waals surface area contributed by atoms with Gasteiger partial charge in [0, 0.05) is 23.9 Å². The van der Waals surface area contributed by atoms with Crippen LogP contribution in [0.5, 0.6) is 11.5 Å². The van der Waals surface area contributed by atoms with Crippen molar-refractivity contribution in [3.05, 3.63) is 52.8 Å². The van der Waals surface area contributed by atoms with Crippen LogP contribution in [0.1, 0.15) is 0 Å². The van der Waals surface area contributed by atoms with Crippen LogP contribution in [-0.4, -0.2) is 0 Å². The Balaban J connectivity index is 2.37. The molecule has 18 heavy (non-hydrogen) atoms. The first-order valence-electron chi connectivity index (χ1n) is 4.85. The van der Waals surface area contributed by atoms with Gasteiger partial charge in [0.15, 0.2) is 17.4 Å². The normalized spacial score (nSPS) is 10.4. The van der Waals surface area contributed by atoms with Crippen molar-refractivity contribution in [3.63, 3.8) is 0 Å². The molecule has 6 heteroatoms. The van der Waals surface area contributed by atoms with Crippen molar-refractivity contribution in [2.24, 2.45) is 0 Å². The lowest BCUT2D eigenvalue weighted by Gasteiger charge is -2.09. The fourth-order valence-corrected chi connectivity index (χ4v) is 1.51. The second-order valence-corrected chi connectivity index (χ2v) is 3.90. The van der Waals surface area contributed by atoms with Crippen molar-refractivity contribution in [2.75, 3.05) is 5.73 Å². The van der Waals surface area contributed by atoms with Crippen LogP contribution < -0.4 is 10.5 Å². The molecular formula is C12H7ClF3NO. The third-order valence-electron chi connectivity index (χ3n) is 2.13. The maximum absolute atomic E-state index is 13.4. The zero-order valence-corrected chi connectivity index (χ0v) is 9.64. The molecule has 0 fully saturated rings. The predicted molar refractivity (Wildman–Crippen MR) is 62.3 cm³/mol. The van der Waals surface area contributed by atoms with Gasteiger partial charge < -0.3 is 10.5 Å². The summed E-state index contributed by atoms with van der Waals surface area (Å²) in [5.41, 5.74) is 5.20. The van der Waals surface area contributed by atoms with Gasteiger partial charge in [0.05, 0.1) is 5.02 Å². The molecule has 0 atom stereocenters. The lowest BCUT2D eigenvalue weighted by atomic mass is 10.2. The highest BCUT2D eigenvalue weighted by molar-refractivity contribution is 6.30. The Bertz CT molecular complexity index is 581. The molecule has 0 amide bonds. The zero-order valence-electron chi connectivity index (χ0n) is 8.88. The van der Waals surface area contributed by atoms with Crippen LogP contribution in [0.4, 0.5) is 18.9 Å². The molecule has 0 spiro atoms. The van der Waals surface area contributed by atoms with Gasteiger partial charge in [-0.1, -0.05) is 11.6 Å². The van der Waals surface area contributed by atoms with Gasteiger partial charge >= 0.3 is 0 Å². The van der Waals surface area contributed by atoms with Crippen LogP contribution in [0.2, 0.25) is 5.02 Å². The molecule has 0 bridgehead atoms. The summed E-state index contributed by atoms with van der Waals surface area (Å²) < 4.78 is 44.7. The highest BCUT2D eigenvalue weighted by Gasteiger charge is 2.13. The van der Waals surface area contributed by atoms with E-state index in [1.807, 2.05) is 0 Å². The number of benzene rings is 2. The van der Waals surface area contributed by atoms with Crippen LogP contribution in [0.15, 0.2) is 30.3 Å². The lowest BCUT2D eigenvalue weighted by Crippen LogP contribution is -1.96. The summed E-state index contributed by atoms with van der Waals surface area (Å²) in [6, 6.07) is 5.19. The summed E-state index contributed by atoms with van der Waals surface area (Å²) in [7, 11) is 0. The quantitative estimate of drug-likeness (QED) is 0.835. The molecule has 0 aliphatic rings. The second-order valence-electron chi connectivity index (χ2n) is 3.49. The number of nitrogen functional groups attached to an aromatic ring is 1. The highest BCUT2D eigenvalue weighted by Crippen LogP contribution is 2.31. The first-order chi connectivity index (χ1) is 8.47. The topological polar surface area (TPSA) is 35.2 Å². The lowest BCUT2D eigenvalue weighted by molar-refractivity contribution is 0.407. The van der Waals surface area contributed by atoms with Crippen molar-refractivity contribution >= 4 is 17.3 Å². The zero-order chi connectivity index (χ0) is 13.3. The Labute approximate surface area is 106 Å². The molecule has 2 rings (SSSR count). The van der Waals surface area contributed by atoms with E-state index in [-0.39, 0.29) is 16.5 Å². The molecule has 2 nitrogen and oxygen atoms in total. The predicted octanol–water partition coefficient (Wildman–Crippen LogP) is 4.13. The molecule has 2 aromatic rings. The van der Waals surface area contributed by atoms with E-state index in [9.17, 15) is 13.2 Å². The van der Waals surface area contributed by atoms with E-state index in [0.717, 1.165) is 24.3 Å². The van der Waals surface area contributed by atoms with E-state index in [1.165, 1.54) is 6.07 Å². The van der Waals surface area contributed by atoms with E-state index in [4.69, 9.17) is 22.1 Å². The standard InChI is InChI=1S/C12H7ClF3NO/c13-8-5-7(1-2-9(8)14)18-12-10(15)3-6(17)4-11(12)16/h1-5H,17H2. The maximum Gasteiger partial charge on any atom is 0.198 e. The molecule has 2 aromatic carbocycles. The van der Waals surface area contributed by atoms with Gasteiger partial charge in [0.25, 0.3) is 0 Å². The molecule has 0 saturated carbocycles. The van der Waals surface area contributed by atoms with Crippen LogP contribution in [0, 0.1) is 17.5 Å². The van der Waals surface area contributed by atoms with E-state index in [0.29, 0.717) is 0 Å². The Morgan fingerprint density at radius 1 is 0.944 bits per heavy atom. The minimum atomic E-state index is -0.951. The number of rotatable bonds is 2. The first kappa shape index (κ1) is 12.6. The molecule has 0 saturated heterocycles. The fourth-order valence-electron chi connectivity index (χ4n) is 1.34. The van der Waals surface area contributed by atoms with Gasteiger partial charge in [-0.3, -0.25) is 0 Å². The summed E-state index contributed by atoms with van der Waals surface area (Å²) in [5.74, 6) is -3.15. The van der Waals surface area contributed by atoms with Crippen LogP contribution in [0.3, 0.4) is 0 Å². The Kier molecular flexibility index (Phi) is 3.34. The molecule has 0 radical (unpaired) electrons. The summed E-state index contributed by atoms with van der Waals surface area (Å²) in [6.45, 7) is 0. The Morgan fingerprint density at radius 3 is 2.11 bits per heavy atom. The maximum atomic E-state index is 13.4. The van der Waals surface area contributed by atoms with Gasteiger partial charge in [-0.25, -0.2) is 13.2 Å². The fraction of sp³-hybridized carbons (Fsp3) is 0. The van der Waals surface area contributed by atoms with Crippen molar-refractivity contribution < 1.29 is 17.9 Å². The molecule has 0 aliphatic heterocycles. The molecule has 0 unspecified atom stereocenters. The minimum absolute atomic E-state index is 0.0176. The Morgan fingerprint density at radius 2 is 1.56 bits per heavy atom. The molecule has 94 valence electrons. The van der Waals surface area contributed by atoms with Crippen molar-refractivity contribution in [1.82, 2.24) is 0 Å². The molecule has 0 heterocycles. The largest absolute Gasteiger partial charge is 0.451 e. The van der Waals surface area contributed by atoms with Crippen molar-refractivity contribution in [1.29, 1.82) is 0 Å². The number of hydrogen-bond donors (Lipinski definition) is 1. The minimum Gasteiger partial charge on any atom is -0.451 e. The van der Waals surface area contributed by atoms with Gasteiger partial charge in [-0.2, -0.15) is 0 Å². The average molecular weight is 274 g/mol. The highest BCUT2D eigenvalue weighted by atomic mass is 35.5. The number of nitrogens with two attached hydrogens (primary N) is 1. The van der Waals surface area contributed by atoms with E-state index in [2.05, 4.69) is 0 Å². The number of anilines is 1. The number of hydrogen-bond acceptors (Lipinski definition) is 2. The second kappa shape index (κ2) is 4.78. The van der Waals surface area contributed by atoms with E-state index < -0.39 is 23.2 Å². The van der Waals surface area contributed by atoms with Crippen molar-refractivity contribution in [2.45, 2.75) is 0 Å². The molecule has 0 aromatic heterocycles. The van der Waals surface area contributed by atoms with Gasteiger partial charge in [0.1, 0.15) is 11.6 Å². The third kappa shape index (κ3) is 2.51. The monoisotopic (exact) mass is 273 g/mol.